The van der Waals surface area contributed by atoms with Crippen LogP contribution in [0.2, 0.25) is 0 Å². The molecule has 0 atom stereocenters. The van der Waals surface area contributed by atoms with Crippen molar-refractivity contribution in [3.8, 4) is 5.75 Å². The summed E-state index contributed by atoms with van der Waals surface area (Å²) >= 11 is 0. The van der Waals surface area contributed by atoms with Crippen molar-refractivity contribution in [3.63, 3.8) is 0 Å². The number of carbonyl (C=O) groups excluding carboxylic acids is 1. The maximum absolute atomic E-state index is 11.2. The molecule has 0 aliphatic carbocycles. The van der Waals surface area contributed by atoms with E-state index in [4.69, 9.17) is 4.74 Å². The summed E-state index contributed by atoms with van der Waals surface area (Å²) in [7, 11) is 0. The number of ether oxygens (including phenoxy) is 1. The third kappa shape index (κ3) is 5.40. The smallest absolute Gasteiger partial charge is 0.249 e. The molecule has 3 rings (SSSR count). The minimum atomic E-state index is -0.133. The van der Waals surface area contributed by atoms with Crippen molar-refractivity contribution in [2.75, 3.05) is 22.6 Å². The van der Waals surface area contributed by atoms with Gasteiger partial charge in [-0.2, -0.15) is 10.1 Å². The standard InChI is InChI=1S/C19H20N6O2/c1-3-27-17-9-7-14(8-10-17)22-18-12-20-25-19(24-18)23-16-6-4-5-15(11-16)21-13(2)26/h4-12H,3H2,1-2H3,(H,21,26)(H2,22,23,24,25). The number of nitrogens with one attached hydrogen (secondary N) is 3. The number of rotatable bonds is 7. The second kappa shape index (κ2) is 8.61. The fourth-order valence-electron chi connectivity index (χ4n) is 2.37. The van der Waals surface area contributed by atoms with Gasteiger partial charge in [-0.25, -0.2) is 0 Å². The molecule has 138 valence electrons. The zero-order valence-corrected chi connectivity index (χ0v) is 15.1. The molecule has 1 amide bonds. The van der Waals surface area contributed by atoms with Gasteiger partial charge in [-0.15, -0.1) is 5.10 Å². The summed E-state index contributed by atoms with van der Waals surface area (Å²) in [5, 5.41) is 16.9. The molecule has 0 spiro atoms. The summed E-state index contributed by atoms with van der Waals surface area (Å²) in [5.41, 5.74) is 2.28. The monoisotopic (exact) mass is 364 g/mol. The minimum absolute atomic E-state index is 0.133. The molecule has 0 saturated heterocycles. The van der Waals surface area contributed by atoms with Crippen LogP contribution in [0.4, 0.5) is 28.8 Å². The molecule has 3 N–H and O–H groups in total. The Bertz CT molecular complexity index is 914. The van der Waals surface area contributed by atoms with Gasteiger partial charge in [0, 0.05) is 24.0 Å². The van der Waals surface area contributed by atoms with Crippen LogP contribution in [-0.4, -0.2) is 27.7 Å². The van der Waals surface area contributed by atoms with E-state index >= 15 is 0 Å². The number of nitrogens with zero attached hydrogens (tertiary/aromatic N) is 3. The summed E-state index contributed by atoms with van der Waals surface area (Å²) < 4.78 is 5.43. The lowest BCUT2D eigenvalue weighted by atomic mass is 10.3. The predicted octanol–water partition coefficient (Wildman–Crippen LogP) is 3.72. The van der Waals surface area contributed by atoms with E-state index in [2.05, 4.69) is 31.1 Å². The maximum atomic E-state index is 11.2. The van der Waals surface area contributed by atoms with Gasteiger partial charge in [0.1, 0.15) is 5.75 Å². The highest BCUT2D eigenvalue weighted by atomic mass is 16.5. The number of hydrogen-bond acceptors (Lipinski definition) is 7. The van der Waals surface area contributed by atoms with Crippen molar-refractivity contribution >= 4 is 34.7 Å². The van der Waals surface area contributed by atoms with Gasteiger partial charge in [0.15, 0.2) is 5.82 Å². The molecule has 0 bridgehead atoms. The molecule has 1 aromatic heterocycles. The van der Waals surface area contributed by atoms with Crippen molar-refractivity contribution in [1.82, 2.24) is 15.2 Å². The second-order valence-corrected chi connectivity index (χ2v) is 5.63. The van der Waals surface area contributed by atoms with Crippen molar-refractivity contribution in [2.45, 2.75) is 13.8 Å². The normalized spacial score (nSPS) is 10.1. The molecule has 0 aliphatic heterocycles. The first-order chi connectivity index (χ1) is 13.1. The third-order valence-corrected chi connectivity index (χ3v) is 3.44. The quantitative estimate of drug-likeness (QED) is 0.587. The molecule has 8 nitrogen and oxygen atoms in total. The largest absolute Gasteiger partial charge is 0.494 e. The van der Waals surface area contributed by atoms with E-state index < -0.39 is 0 Å². The lowest BCUT2D eigenvalue weighted by molar-refractivity contribution is -0.114. The Labute approximate surface area is 157 Å². The molecular weight excluding hydrogens is 344 g/mol. The van der Waals surface area contributed by atoms with Crippen LogP contribution in [0.5, 0.6) is 5.75 Å². The topological polar surface area (TPSA) is 101 Å². The van der Waals surface area contributed by atoms with Gasteiger partial charge in [-0.05, 0) is 49.4 Å². The molecule has 1 heterocycles. The van der Waals surface area contributed by atoms with E-state index in [1.54, 1.807) is 12.1 Å². The average Bonchev–Trinajstić information content (AvgIpc) is 2.64. The van der Waals surface area contributed by atoms with Crippen LogP contribution in [0.1, 0.15) is 13.8 Å². The molecule has 0 saturated carbocycles. The molecule has 27 heavy (non-hydrogen) atoms. The van der Waals surface area contributed by atoms with Crippen LogP contribution in [0.15, 0.2) is 54.7 Å². The van der Waals surface area contributed by atoms with Gasteiger partial charge in [-0.1, -0.05) is 6.07 Å². The lowest BCUT2D eigenvalue weighted by Crippen LogP contribution is -2.06. The Balaban J connectivity index is 1.69. The molecule has 0 unspecified atom stereocenters. The first-order valence-corrected chi connectivity index (χ1v) is 8.46. The summed E-state index contributed by atoms with van der Waals surface area (Å²) in [6.07, 6.45) is 1.54. The number of hydrogen-bond donors (Lipinski definition) is 3. The summed E-state index contributed by atoms with van der Waals surface area (Å²) in [5.74, 6) is 1.57. The predicted molar refractivity (Wildman–Crippen MR) is 105 cm³/mol. The molecule has 8 heteroatoms. The number of aromatic nitrogens is 3. The van der Waals surface area contributed by atoms with Crippen molar-refractivity contribution < 1.29 is 9.53 Å². The lowest BCUT2D eigenvalue weighted by Gasteiger charge is -2.09. The fourth-order valence-corrected chi connectivity index (χ4v) is 2.37. The average molecular weight is 364 g/mol. The summed E-state index contributed by atoms with van der Waals surface area (Å²) in [6.45, 7) is 4.03. The molecule has 0 radical (unpaired) electrons. The Morgan fingerprint density at radius 3 is 2.56 bits per heavy atom. The Kier molecular flexibility index (Phi) is 5.78. The van der Waals surface area contributed by atoms with E-state index in [0.29, 0.717) is 24.1 Å². The van der Waals surface area contributed by atoms with Crippen LogP contribution in [0.3, 0.4) is 0 Å². The zero-order valence-electron chi connectivity index (χ0n) is 15.1. The second-order valence-electron chi connectivity index (χ2n) is 5.63. The Morgan fingerprint density at radius 2 is 1.81 bits per heavy atom. The highest BCUT2D eigenvalue weighted by Gasteiger charge is 2.04. The van der Waals surface area contributed by atoms with E-state index in [-0.39, 0.29) is 5.91 Å². The number of anilines is 5. The van der Waals surface area contributed by atoms with Crippen molar-refractivity contribution in [2.24, 2.45) is 0 Å². The van der Waals surface area contributed by atoms with Crippen molar-refractivity contribution in [1.29, 1.82) is 0 Å². The molecular formula is C19H20N6O2. The summed E-state index contributed by atoms with van der Waals surface area (Å²) in [6, 6.07) is 14.8. The maximum Gasteiger partial charge on any atom is 0.249 e. The molecule has 0 fully saturated rings. The molecule has 3 aromatic rings. The first kappa shape index (κ1) is 18.1. The van der Waals surface area contributed by atoms with Gasteiger partial charge in [0.2, 0.25) is 11.9 Å². The molecule has 2 aromatic carbocycles. The van der Waals surface area contributed by atoms with Crippen LogP contribution in [0, 0.1) is 0 Å². The van der Waals surface area contributed by atoms with Crippen LogP contribution in [-0.2, 0) is 4.79 Å². The van der Waals surface area contributed by atoms with Crippen LogP contribution >= 0.6 is 0 Å². The fraction of sp³-hybridized carbons (Fsp3) is 0.158. The number of amides is 1. The Hall–Kier alpha value is -3.68. The minimum Gasteiger partial charge on any atom is -0.494 e. The SMILES string of the molecule is CCOc1ccc(Nc2cnnc(Nc3cccc(NC(C)=O)c3)n2)cc1. The highest BCUT2D eigenvalue weighted by molar-refractivity contribution is 5.89. The third-order valence-electron chi connectivity index (χ3n) is 3.44. The zero-order chi connectivity index (χ0) is 19.1. The number of benzene rings is 2. The van der Waals surface area contributed by atoms with E-state index in [9.17, 15) is 4.79 Å². The summed E-state index contributed by atoms with van der Waals surface area (Å²) in [4.78, 5) is 15.6. The van der Waals surface area contributed by atoms with Gasteiger partial charge < -0.3 is 20.7 Å². The van der Waals surface area contributed by atoms with Crippen molar-refractivity contribution in [3.05, 3.63) is 54.7 Å². The van der Waals surface area contributed by atoms with Gasteiger partial charge in [0.25, 0.3) is 0 Å². The van der Waals surface area contributed by atoms with Crippen LogP contribution < -0.4 is 20.7 Å². The highest BCUT2D eigenvalue weighted by Crippen LogP contribution is 2.21. The molecule has 0 aliphatic rings. The first-order valence-electron chi connectivity index (χ1n) is 8.46. The number of carbonyl (C=O) groups is 1. The van der Waals surface area contributed by atoms with Crippen LogP contribution in [0.25, 0.3) is 0 Å². The van der Waals surface area contributed by atoms with E-state index in [1.807, 2.05) is 43.3 Å². The van der Waals surface area contributed by atoms with E-state index in [0.717, 1.165) is 17.1 Å². The Morgan fingerprint density at radius 1 is 1.04 bits per heavy atom. The van der Waals surface area contributed by atoms with E-state index in [1.165, 1.54) is 13.1 Å². The van der Waals surface area contributed by atoms with Gasteiger partial charge in [-0.3, -0.25) is 4.79 Å². The van der Waals surface area contributed by atoms with Gasteiger partial charge in [0.05, 0.1) is 12.8 Å². The van der Waals surface area contributed by atoms with Gasteiger partial charge >= 0.3 is 0 Å².